The Morgan fingerprint density at radius 3 is 2.75 bits per heavy atom. The zero-order valence-corrected chi connectivity index (χ0v) is 8.54. The van der Waals surface area contributed by atoms with E-state index in [9.17, 15) is 13.2 Å². The van der Waals surface area contributed by atoms with Crippen LogP contribution in [0, 0.1) is 0 Å². The van der Waals surface area contributed by atoms with Crippen molar-refractivity contribution in [1.82, 2.24) is 4.98 Å². The van der Waals surface area contributed by atoms with Crippen molar-refractivity contribution in [3.05, 3.63) is 18.3 Å². The van der Waals surface area contributed by atoms with Gasteiger partial charge in [-0.2, -0.15) is 13.2 Å². The highest BCUT2D eigenvalue weighted by Gasteiger charge is 2.37. The number of aromatic nitrogens is 1. The van der Waals surface area contributed by atoms with Crippen molar-refractivity contribution < 1.29 is 18.3 Å². The molecule has 3 N–H and O–H groups in total. The standard InChI is InChI=1S/C9H12F3N3O/c1-13-8-4-6(2-3-14-8)15-5-7(16)9(10,11)12/h2-4,7,16H,5H2,1H3,(H2,13,14,15). The lowest BCUT2D eigenvalue weighted by molar-refractivity contribution is -0.198. The van der Waals surface area contributed by atoms with Crippen molar-refractivity contribution in [2.45, 2.75) is 12.3 Å². The van der Waals surface area contributed by atoms with E-state index in [1.807, 2.05) is 0 Å². The van der Waals surface area contributed by atoms with E-state index in [0.717, 1.165) is 0 Å². The van der Waals surface area contributed by atoms with Crippen LogP contribution in [0.3, 0.4) is 0 Å². The maximum atomic E-state index is 12.0. The highest BCUT2D eigenvalue weighted by atomic mass is 19.4. The minimum atomic E-state index is -4.61. The van der Waals surface area contributed by atoms with Gasteiger partial charge in [0.1, 0.15) is 5.82 Å². The molecule has 0 aliphatic carbocycles. The number of aliphatic hydroxyl groups is 1. The van der Waals surface area contributed by atoms with E-state index in [2.05, 4.69) is 15.6 Å². The molecule has 1 atom stereocenters. The molecule has 16 heavy (non-hydrogen) atoms. The first-order valence-electron chi connectivity index (χ1n) is 4.56. The van der Waals surface area contributed by atoms with E-state index in [4.69, 9.17) is 5.11 Å². The van der Waals surface area contributed by atoms with Crippen LogP contribution in [0.15, 0.2) is 18.3 Å². The van der Waals surface area contributed by atoms with Crippen molar-refractivity contribution in [2.24, 2.45) is 0 Å². The molecule has 1 heterocycles. The van der Waals surface area contributed by atoms with E-state index in [1.54, 1.807) is 13.1 Å². The van der Waals surface area contributed by atoms with Crippen LogP contribution in [0.5, 0.6) is 0 Å². The molecule has 0 fully saturated rings. The molecule has 0 bridgehead atoms. The lowest BCUT2D eigenvalue weighted by Gasteiger charge is -2.15. The fourth-order valence-corrected chi connectivity index (χ4v) is 1.01. The first kappa shape index (κ1) is 12.6. The second-order valence-corrected chi connectivity index (χ2v) is 3.12. The molecule has 7 heteroatoms. The maximum Gasteiger partial charge on any atom is 0.416 e. The van der Waals surface area contributed by atoms with E-state index in [-0.39, 0.29) is 0 Å². The third kappa shape index (κ3) is 3.58. The number of nitrogens with one attached hydrogen (secondary N) is 2. The van der Waals surface area contributed by atoms with Crippen molar-refractivity contribution in [1.29, 1.82) is 0 Å². The van der Waals surface area contributed by atoms with Gasteiger partial charge in [-0.3, -0.25) is 0 Å². The van der Waals surface area contributed by atoms with Gasteiger partial charge in [0.05, 0.1) is 0 Å². The first-order valence-corrected chi connectivity index (χ1v) is 4.56. The molecular weight excluding hydrogens is 223 g/mol. The van der Waals surface area contributed by atoms with Gasteiger partial charge in [-0.15, -0.1) is 0 Å². The molecule has 0 amide bonds. The van der Waals surface area contributed by atoms with Gasteiger partial charge in [0.15, 0.2) is 6.10 Å². The van der Waals surface area contributed by atoms with Crippen LogP contribution in [-0.2, 0) is 0 Å². The smallest absolute Gasteiger partial charge is 0.382 e. The Kier molecular flexibility index (Phi) is 3.94. The van der Waals surface area contributed by atoms with E-state index in [0.29, 0.717) is 11.5 Å². The number of aliphatic hydroxyl groups excluding tert-OH is 1. The predicted molar refractivity (Wildman–Crippen MR) is 54.3 cm³/mol. The summed E-state index contributed by atoms with van der Waals surface area (Å²) < 4.78 is 35.9. The highest BCUT2D eigenvalue weighted by Crippen LogP contribution is 2.20. The van der Waals surface area contributed by atoms with Gasteiger partial charge in [0.25, 0.3) is 0 Å². The fraction of sp³-hybridized carbons (Fsp3) is 0.444. The van der Waals surface area contributed by atoms with Crippen LogP contribution in [0.25, 0.3) is 0 Å². The number of hydrogen-bond donors (Lipinski definition) is 3. The Morgan fingerprint density at radius 1 is 1.50 bits per heavy atom. The molecule has 0 aliphatic rings. The molecule has 1 aromatic heterocycles. The average Bonchev–Trinajstić information content (AvgIpc) is 2.25. The van der Waals surface area contributed by atoms with Crippen molar-refractivity contribution in [3.8, 4) is 0 Å². The lowest BCUT2D eigenvalue weighted by atomic mass is 10.3. The molecule has 1 rings (SSSR count). The molecule has 0 saturated carbocycles. The van der Waals surface area contributed by atoms with Gasteiger partial charge in [-0.1, -0.05) is 0 Å². The Hall–Kier alpha value is -1.50. The van der Waals surface area contributed by atoms with Gasteiger partial charge in [-0.05, 0) is 6.07 Å². The minimum Gasteiger partial charge on any atom is -0.382 e. The molecule has 0 aromatic carbocycles. The number of halogens is 3. The Labute approximate surface area is 90.5 Å². The fourth-order valence-electron chi connectivity index (χ4n) is 1.01. The van der Waals surface area contributed by atoms with Crippen LogP contribution < -0.4 is 10.6 Å². The minimum absolute atomic E-state index is 0.461. The van der Waals surface area contributed by atoms with Gasteiger partial charge >= 0.3 is 6.18 Å². The summed E-state index contributed by atoms with van der Waals surface area (Å²) in [6.07, 6.45) is -5.53. The molecule has 0 spiro atoms. The third-order valence-corrected chi connectivity index (χ3v) is 1.89. The van der Waals surface area contributed by atoms with Gasteiger partial charge in [-0.25, -0.2) is 4.98 Å². The molecule has 1 unspecified atom stereocenters. The number of pyridine rings is 1. The molecular formula is C9H12F3N3O. The van der Waals surface area contributed by atoms with Crippen LogP contribution in [-0.4, -0.2) is 36.0 Å². The van der Waals surface area contributed by atoms with Crippen LogP contribution in [0.1, 0.15) is 0 Å². The van der Waals surface area contributed by atoms with Crippen LogP contribution >= 0.6 is 0 Å². The molecule has 4 nitrogen and oxygen atoms in total. The first-order chi connectivity index (χ1) is 7.43. The topological polar surface area (TPSA) is 57.2 Å². The molecule has 0 aliphatic heterocycles. The van der Waals surface area contributed by atoms with E-state index >= 15 is 0 Å². The maximum absolute atomic E-state index is 12.0. The number of rotatable bonds is 4. The number of anilines is 2. The monoisotopic (exact) mass is 235 g/mol. The average molecular weight is 235 g/mol. The van der Waals surface area contributed by atoms with E-state index in [1.165, 1.54) is 12.3 Å². The molecule has 90 valence electrons. The summed E-state index contributed by atoms with van der Waals surface area (Å²) in [5.74, 6) is 0.534. The molecule has 1 aromatic rings. The second kappa shape index (κ2) is 5.02. The second-order valence-electron chi connectivity index (χ2n) is 3.12. The summed E-state index contributed by atoms with van der Waals surface area (Å²) in [7, 11) is 1.65. The summed E-state index contributed by atoms with van der Waals surface area (Å²) in [5.41, 5.74) is 0.461. The van der Waals surface area contributed by atoms with E-state index < -0.39 is 18.8 Å². The van der Waals surface area contributed by atoms with Crippen molar-refractivity contribution >= 4 is 11.5 Å². The van der Waals surface area contributed by atoms with Crippen molar-refractivity contribution in [3.63, 3.8) is 0 Å². The van der Waals surface area contributed by atoms with Crippen LogP contribution in [0.2, 0.25) is 0 Å². The number of hydrogen-bond acceptors (Lipinski definition) is 4. The third-order valence-electron chi connectivity index (χ3n) is 1.89. The zero-order chi connectivity index (χ0) is 12.2. The molecule has 0 saturated heterocycles. The normalized spacial score (nSPS) is 13.3. The zero-order valence-electron chi connectivity index (χ0n) is 8.54. The predicted octanol–water partition coefficient (Wildman–Crippen LogP) is 1.46. The number of alkyl halides is 3. The summed E-state index contributed by atoms with van der Waals surface area (Å²) >= 11 is 0. The quantitative estimate of drug-likeness (QED) is 0.739. The molecule has 0 radical (unpaired) electrons. The van der Waals surface area contributed by atoms with Gasteiger partial charge in [0, 0.05) is 31.5 Å². The van der Waals surface area contributed by atoms with Gasteiger partial charge < -0.3 is 15.7 Å². The largest absolute Gasteiger partial charge is 0.416 e. The Morgan fingerprint density at radius 2 is 2.19 bits per heavy atom. The van der Waals surface area contributed by atoms with Crippen LogP contribution in [0.4, 0.5) is 24.7 Å². The SMILES string of the molecule is CNc1cc(NCC(O)C(F)(F)F)ccn1. The Bertz CT molecular complexity index is 343. The van der Waals surface area contributed by atoms with Crippen molar-refractivity contribution in [2.75, 3.05) is 24.2 Å². The summed E-state index contributed by atoms with van der Waals surface area (Å²) in [4.78, 5) is 3.90. The lowest BCUT2D eigenvalue weighted by Crippen LogP contribution is -2.35. The summed E-state index contributed by atoms with van der Waals surface area (Å²) in [6, 6.07) is 3.06. The summed E-state index contributed by atoms with van der Waals surface area (Å²) in [6.45, 7) is -0.587. The number of nitrogens with zero attached hydrogens (tertiary/aromatic N) is 1. The Balaban J connectivity index is 2.54. The highest BCUT2D eigenvalue weighted by molar-refractivity contribution is 5.51. The van der Waals surface area contributed by atoms with Gasteiger partial charge in [0.2, 0.25) is 0 Å². The summed E-state index contributed by atoms with van der Waals surface area (Å²) in [5, 5.41) is 14.0.